The van der Waals surface area contributed by atoms with E-state index in [9.17, 15) is 0 Å². The minimum absolute atomic E-state index is 0.617. The van der Waals surface area contributed by atoms with Gasteiger partial charge in [-0.15, -0.1) is 5.92 Å². The number of rotatable bonds is 4. The lowest BCUT2D eigenvalue weighted by atomic mass is 10.3. The summed E-state index contributed by atoms with van der Waals surface area (Å²) in [4.78, 5) is 8.66. The lowest BCUT2D eigenvalue weighted by Crippen LogP contribution is -2.04. The van der Waals surface area contributed by atoms with E-state index in [2.05, 4.69) is 50.0 Å². The van der Waals surface area contributed by atoms with Crippen molar-refractivity contribution in [2.24, 2.45) is 0 Å². The summed E-state index contributed by atoms with van der Waals surface area (Å²) in [6, 6.07) is 1.86. The highest BCUT2D eigenvalue weighted by Gasteiger charge is 2.01. The average Bonchev–Trinajstić information content (AvgIpc) is 2.18. The molecule has 0 atom stereocenters. The molecule has 0 aliphatic carbocycles. The standard InChI is InChI=1S/C11H14BrN3/c1-3-5-7-13-11-8-9(12)14-10(15-11)6-4-2/h8H,4,6-7H2,1-2H3,(H,13,14,15). The molecule has 15 heavy (non-hydrogen) atoms. The third-order valence-electron chi connectivity index (χ3n) is 1.75. The van der Waals surface area contributed by atoms with Gasteiger partial charge < -0.3 is 5.32 Å². The van der Waals surface area contributed by atoms with E-state index in [0.29, 0.717) is 6.54 Å². The van der Waals surface area contributed by atoms with Gasteiger partial charge in [0.05, 0.1) is 6.54 Å². The molecule has 1 heterocycles. The van der Waals surface area contributed by atoms with Crippen molar-refractivity contribution in [1.82, 2.24) is 9.97 Å². The minimum atomic E-state index is 0.617. The summed E-state index contributed by atoms with van der Waals surface area (Å²) in [5, 5.41) is 3.13. The van der Waals surface area contributed by atoms with Gasteiger partial charge in [-0.2, -0.15) is 0 Å². The maximum absolute atomic E-state index is 4.38. The van der Waals surface area contributed by atoms with Crippen LogP contribution in [0.4, 0.5) is 5.82 Å². The van der Waals surface area contributed by atoms with Crippen molar-refractivity contribution in [2.75, 3.05) is 11.9 Å². The normalized spacial score (nSPS) is 9.27. The predicted molar refractivity (Wildman–Crippen MR) is 65.7 cm³/mol. The molecular weight excluding hydrogens is 254 g/mol. The summed E-state index contributed by atoms with van der Waals surface area (Å²) in [5.74, 6) is 7.44. The van der Waals surface area contributed by atoms with E-state index in [1.54, 1.807) is 0 Å². The molecule has 1 N–H and O–H groups in total. The van der Waals surface area contributed by atoms with Crippen molar-refractivity contribution in [3.63, 3.8) is 0 Å². The van der Waals surface area contributed by atoms with Crippen LogP contribution in [-0.4, -0.2) is 16.5 Å². The van der Waals surface area contributed by atoms with E-state index in [1.807, 2.05) is 13.0 Å². The summed E-state index contributed by atoms with van der Waals surface area (Å²) in [7, 11) is 0. The summed E-state index contributed by atoms with van der Waals surface area (Å²) in [5.41, 5.74) is 0. The molecule has 0 radical (unpaired) electrons. The smallest absolute Gasteiger partial charge is 0.132 e. The Balaban J connectivity index is 2.72. The third kappa shape index (κ3) is 4.30. The zero-order valence-electron chi connectivity index (χ0n) is 8.97. The van der Waals surface area contributed by atoms with E-state index >= 15 is 0 Å². The molecule has 0 aromatic carbocycles. The van der Waals surface area contributed by atoms with Crippen LogP contribution in [0, 0.1) is 11.8 Å². The fraction of sp³-hybridized carbons (Fsp3) is 0.455. The molecule has 3 nitrogen and oxygen atoms in total. The van der Waals surface area contributed by atoms with E-state index in [-0.39, 0.29) is 0 Å². The van der Waals surface area contributed by atoms with E-state index in [4.69, 9.17) is 0 Å². The number of aromatic nitrogens is 2. The van der Waals surface area contributed by atoms with Crippen molar-refractivity contribution >= 4 is 21.7 Å². The Morgan fingerprint density at radius 1 is 1.47 bits per heavy atom. The molecular formula is C11H14BrN3. The number of halogens is 1. The van der Waals surface area contributed by atoms with Crippen molar-refractivity contribution in [3.05, 3.63) is 16.5 Å². The maximum atomic E-state index is 4.38. The first kappa shape index (κ1) is 12.0. The molecule has 0 unspecified atom stereocenters. The molecule has 0 bridgehead atoms. The molecule has 0 aliphatic heterocycles. The second-order valence-electron chi connectivity index (χ2n) is 3.02. The van der Waals surface area contributed by atoms with Crippen molar-refractivity contribution in [2.45, 2.75) is 26.7 Å². The molecule has 0 fully saturated rings. The Hall–Kier alpha value is -1.08. The molecule has 0 spiro atoms. The van der Waals surface area contributed by atoms with Crippen LogP contribution < -0.4 is 5.32 Å². The predicted octanol–water partition coefficient (Wildman–Crippen LogP) is 2.63. The summed E-state index contributed by atoms with van der Waals surface area (Å²) in [6.45, 7) is 4.55. The number of nitrogens with zero attached hydrogens (tertiary/aromatic N) is 2. The fourth-order valence-electron chi connectivity index (χ4n) is 1.11. The first-order chi connectivity index (χ1) is 7.26. The SMILES string of the molecule is CC#CCNc1cc(Br)nc(CCC)n1. The van der Waals surface area contributed by atoms with Gasteiger partial charge in [0, 0.05) is 12.5 Å². The number of hydrogen-bond donors (Lipinski definition) is 1. The summed E-state index contributed by atoms with van der Waals surface area (Å²) < 4.78 is 0.813. The second-order valence-corrected chi connectivity index (χ2v) is 3.83. The van der Waals surface area contributed by atoms with Gasteiger partial charge in [0.25, 0.3) is 0 Å². The van der Waals surface area contributed by atoms with Crippen molar-refractivity contribution in [3.8, 4) is 11.8 Å². The van der Waals surface area contributed by atoms with Crippen LogP contribution in [0.2, 0.25) is 0 Å². The molecule has 0 saturated heterocycles. The number of anilines is 1. The first-order valence-electron chi connectivity index (χ1n) is 4.93. The lowest BCUT2D eigenvalue weighted by molar-refractivity contribution is 0.830. The van der Waals surface area contributed by atoms with Gasteiger partial charge in [0.15, 0.2) is 0 Å². The van der Waals surface area contributed by atoms with Gasteiger partial charge in [0.2, 0.25) is 0 Å². The van der Waals surface area contributed by atoms with Crippen LogP contribution in [0.15, 0.2) is 10.7 Å². The number of nitrogens with one attached hydrogen (secondary N) is 1. The second kappa shape index (κ2) is 6.41. The van der Waals surface area contributed by atoms with Gasteiger partial charge in [-0.25, -0.2) is 9.97 Å². The van der Waals surface area contributed by atoms with Crippen LogP contribution in [0.3, 0.4) is 0 Å². The zero-order valence-corrected chi connectivity index (χ0v) is 10.6. The Bertz CT molecular complexity index is 379. The molecule has 1 aromatic heterocycles. The third-order valence-corrected chi connectivity index (χ3v) is 2.16. The Kier molecular flexibility index (Phi) is 5.13. The van der Waals surface area contributed by atoms with Gasteiger partial charge >= 0.3 is 0 Å². The molecule has 0 amide bonds. The highest BCUT2D eigenvalue weighted by Crippen LogP contribution is 2.12. The molecule has 4 heteroatoms. The summed E-state index contributed by atoms with van der Waals surface area (Å²) in [6.07, 6.45) is 1.94. The van der Waals surface area contributed by atoms with E-state index in [0.717, 1.165) is 29.1 Å². The highest BCUT2D eigenvalue weighted by atomic mass is 79.9. The van der Waals surface area contributed by atoms with Gasteiger partial charge in [0.1, 0.15) is 16.2 Å². The Labute approximate surface area is 98.8 Å². The van der Waals surface area contributed by atoms with Gasteiger partial charge in [-0.3, -0.25) is 0 Å². The molecule has 80 valence electrons. The molecule has 1 aromatic rings. The maximum Gasteiger partial charge on any atom is 0.132 e. The monoisotopic (exact) mass is 267 g/mol. The van der Waals surface area contributed by atoms with E-state index in [1.165, 1.54) is 0 Å². The molecule has 0 aliphatic rings. The Morgan fingerprint density at radius 3 is 2.93 bits per heavy atom. The lowest BCUT2D eigenvalue weighted by Gasteiger charge is -2.04. The number of aryl methyl sites for hydroxylation is 1. The molecule has 0 saturated carbocycles. The van der Waals surface area contributed by atoms with Crippen LogP contribution in [-0.2, 0) is 6.42 Å². The van der Waals surface area contributed by atoms with E-state index < -0.39 is 0 Å². The minimum Gasteiger partial charge on any atom is -0.359 e. The first-order valence-corrected chi connectivity index (χ1v) is 5.72. The van der Waals surface area contributed by atoms with Gasteiger partial charge in [-0.1, -0.05) is 12.8 Å². The van der Waals surface area contributed by atoms with Crippen molar-refractivity contribution < 1.29 is 0 Å². The topological polar surface area (TPSA) is 37.8 Å². The number of hydrogen-bond acceptors (Lipinski definition) is 3. The largest absolute Gasteiger partial charge is 0.359 e. The fourth-order valence-corrected chi connectivity index (χ4v) is 1.54. The average molecular weight is 268 g/mol. The van der Waals surface area contributed by atoms with Crippen LogP contribution in [0.25, 0.3) is 0 Å². The van der Waals surface area contributed by atoms with Crippen LogP contribution in [0.5, 0.6) is 0 Å². The molecule has 1 rings (SSSR count). The quantitative estimate of drug-likeness (QED) is 0.673. The van der Waals surface area contributed by atoms with Crippen LogP contribution in [0.1, 0.15) is 26.1 Å². The highest BCUT2D eigenvalue weighted by molar-refractivity contribution is 9.10. The van der Waals surface area contributed by atoms with Crippen molar-refractivity contribution in [1.29, 1.82) is 0 Å². The van der Waals surface area contributed by atoms with Crippen LogP contribution >= 0.6 is 15.9 Å². The zero-order chi connectivity index (χ0) is 11.1. The van der Waals surface area contributed by atoms with Gasteiger partial charge in [-0.05, 0) is 29.3 Å². The Morgan fingerprint density at radius 2 is 2.27 bits per heavy atom. The summed E-state index contributed by atoms with van der Waals surface area (Å²) >= 11 is 3.36.